The molecule has 2 aromatic carbocycles. The lowest BCUT2D eigenvalue weighted by atomic mass is 10.0. The fourth-order valence-corrected chi connectivity index (χ4v) is 3.52. The monoisotopic (exact) mass is 390 g/mol. The van der Waals surface area contributed by atoms with Gasteiger partial charge in [-0.25, -0.2) is 9.37 Å². The minimum atomic E-state index is -0.782. The Morgan fingerprint density at radius 1 is 1.17 bits per heavy atom. The number of Topliss-reactive ketones (excluding diaryl/α,β-unsaturated/α-hetero) is 1. The van der Waals surface area contributed by atoms with E-state index in [0.29, 0.717) is 28.0 Å². The van der Waals surface area contributed by atoms with Crippen LogP contribution in [-0.2, 0) is 11.8 Å². The molecule has 0 fully saturated rings. The summed E-state index contributed by atoms with van der Waals surface area (Å²) in [5.41, 5.74) is 2.23. The Kier molecular flexibility index (Phi) is 4.72. The summed E-state index contributed by atoms with van der Waals surface area (Å²) < 4.78 is 15.5. The minimum absolute atomic E-state index is 0.330. The van der Waals surface area contributed by atoms with E-state index in [0.717, 1.165) is 5.52 Å². The molecular weight excluding hydrogens is 371 g/mol. The Morgan fingerprint density at radius 3 is 2.69 bits per heavy atom. The van der Waals surface area contributed by atoms with Crippen LogP contribution in [-0.4, -0.2) is 26.2 Å². The number of benzene rings is 2. The van der Waals surface area contributed by atoms with Crippen LogP contribution in [0, 0.1) is 12.7 Å². The van der Waals surface area contributed by atoms with Gasteiger partial charge < -0.3 is 14.9 Å². The highest BCUT2D eigenvalue weighted by Crippen LogP contribution is 2.24. The van der Waals surface area contributed by atoms with E-state index in [1.54, 1.807) is 49.1 Å². The standard InChI is InChI=1S/C22H19FN4O2/c1-13-18(16-8-3-4-9-17(16)25-13)20(28)22(29)26-19(21-24-10-11-27(21)2)14-6-5-7-15(23)12-14/h3-12,19,25H,1-2H3,(H,26,29). The summed E-state index contributed by atoms with van der Waals surface area (Å²) in [7, 11) is 1.77. The molecule has 2 heterocycles. The predicted octanol–water partition coefficient (Wildman–Crippen LogP) is 3.44. The molecule has 7 heteroatoms. The Hall–Kier alpha value is -3.74. The molecule has 0 saturated heterocycles. The van der Waals surface area contributed by atoms with E-state index < -0.39 is 23.5 Å². The van der Waals surface area contributed by atoms with Gasteiger partial charge in [0.05, 0.1) is 5.56 Å². The molecule has 2 aromatic heterocycles. The van der Waals surface area contributed by atoms with Crippen molar-refractivity contribution in [3.63, 3.8) is 0 Å². The number of aryl methyl sites for hydroxylation is 2. The SMILES string of the molecule is Cc1[nH]c2ccccc2c1C(=O)C(=O)NC(c1cccc(F)c1)c1nccn1C. The van der Waals surface area contributed by atoms with Crippen molar-refractivity contribution in [1.29, 1.82) is 0 Å². The van der Waals surface area contributed by atoms with E-state index in [2.05, 4.69) is 15.3 Å². The number of aromatic nitrogens is 3. The lowest BCUT2D eigenvalue weighted by molar-refractivity contribution is -0.117. The molecule has 0 saturated carbocycles. The zero-order chi connectivity index (χ0) is 20.5. The Balaban J connectivity index is 1.70. The van der Waals surface area contributed by atoms with Crippen LogP contribution in [0.15, 0.2) is 60.9 Å². The van der Waals surface area contributed by atoms with Gasteiger partial charge in [0, 0.05) is 36.0 Å². The molecule has 0 aliphatic heterocycles. The highest BCUT2D eigenvalue weighted by atomic mass is 19.1. The number of hydrogen-bond donors (Lipinski definition) is 2. The summed E-state index contributed by atoms with van der Waals surface area (Å²) in [5, 5.41) is 3.42. The number of carbonyl (C=O) groups is 2. The van der Waals surface area contributed by atoms with Crippen molar-refractivity contribution in [3.8, 4) is 0 Å². The maximum Gasteiger partial charge on any atom is 0.293 e. The van der Waals surface area contributed by atoms with Crippen molar-refractivity contribution < 1.29 is 14.0 Å². The topological polar surface area (TPSA) is 79.8 Å². The minimum Gasteiger partial charge on any atom is -0.358 e. The lowest BCUT2D eigenvalue weighted by Crippen LogP contribution is -2.36. The van der Waals surface area contributed by atoms with Crippen LogP contribution >= 0.6 is 0 Å². The predicted molar refractivity (Wildman–Crippen MR) is 107 cm³/mol. The number of halogens is 1. The molecule has 0 bridgehead atoms. The zero-order valence-corrected chi connectivity index (χ0v) is 15.9. The van der Waals surface area contributed by atoms with E-state index in [4.69, 9.17) is 0 Å². The lowest BCUT2D eigenvalue weighted by Gasteiger charge is -2.19. The largest absolute Gasteiger partial charge is 0.358 e. The molecule has 1 atom stereocenters. The summed E-state index contributed by atoms with van der Waals surface area (Å²) in [4.78, 5) is 33.3. The van der Waals surface area contributed by atoms with Gasteiger partial charge in [0.2, 0.25) is 0 Å². The first kappa shape index (κ1) is 18.6. The Morgan fingerprint density at radius 2 is 1.97 bits per heavy atom. The number of nitrogens with zero attached hydrogens (tertiary/aromatic N) is 2. The molecule has 1 unspecified atom stereocenters. The van der Waals surface area contributed by atoms with Gasteiger partial charge in [-0.05, 0) is 30.7 Å². The van der Waals surface area contributed by atoms with Gasteiger partial charge in [-0.15, -0.1) is 0 Å². The van der Waals surface area contributed by atoms with Crippen LogP contribution < -0.4 is 5.32 Å². The second-order valence-corrected chi connectivity index (χ2v) is 6.86. The third-order valence-electron chi connectivity index (χ3n) is 4.90. The second kappa shape index (κ2) is 7.35. The summed E-state index contributed by atoms with van der Waals surface area (Å²) in [5.74, 6) is -1.38. The van der Waals surface area contributed by atoms with E-state index in [1.807, 2.05) is 18.2 Å². The number of carbonyl (C=O) groups excluding carboxylic acids is 2. The molecule has 0 aliphatic carbocycles. The number of imidazole rings is 1. The molecular formula is C22H19FN4O2. The first-order chi connectivity index (χ1) is 14.0. The molecule has 146 valence electrons. The average molecular weight is 390 g/mol. The highest BCUT2D eigenvalue weighted by molar-refractivity contribution is 6.45. The smallest absolute Gasteiger partial charge is 0.293 e. The second-order valence-electron chi connectivity index (χ2n) is 6.86. The van der Waals surface area contributed by atoms with Gasteiger partial charge >= 0.3 is 0 Å². The number of rotatable bonds is 5. The van der Waals surface area contributed by atoms with Crippen molar-refractivity contribution in [2.45, 2.75) is 13.0 Å². The molecule has 6 nitrogen and oxygen atoms in total. The molecule has 4 aromatic rings. The van der Waals surface area contributed by atoms with Crippen LogP contribution in [0.3, 0.4) is 0 Å². The Bertz CT molecular complexity index is 1220. The van der Waals surface area contributed by atoms with Crippen molar-refractivity contribution in [1.82, 2.24) is 19.9 Å². The number of hydrogen-bond acceptors (Lipinski definition) is 3. The fourth-order valence-electron chi connectivity index (χ4n) is 3.52. The van der Waals surface area contributed by atoms with E-state index >= 15 is 0 Å². The van der Waals surface area contributed by atoms with Crippen molar-refractivity contribution in [2.75, 3.05) is 0 Å². The number of nitrogens with one attached hydrogen (secondary N) is 2. The molecule has 4 rings (SSSR count). The van der Waals surface area contributed by atoms with Gasteiger partial charge in [-0.1, -0.05) is 30.3 Å². The van der Waals surface area contributed by atoms with Crippen LogP contribution in [0.2, 0.25) is 0 Å². The third-order valence-corrected chi connectivity index (χ3v) is 4.90. The normalized spacial score (nSPS) is 12.1. The van der Waals surface area contributed by atoms with E-state index in [1.165, 1.54) is 12.1 Å². The van der Waals surface area contributed by atoms with Crippen LogP contribution in [0.5, 0.6) is 0 Å². The van der Waals surface area contributed by atoms with Crippen molar-refractivity contribution in [2.24, 2.45) is 7.05 Å². The van der Waals surface area contributed by atoms with E-state index in [9.17, 15) is 14.0 Å². The number of H-pyrrole nitrogens is 1. The maximum atomic E-state index is 13.8. The Labute approximate surface area is 166 Å². The molecule has 0 radical (unpaired) electrons. The number of aromatic amines is 1. The fraction of sp³-hybridized carbons (Fsp3) is 0.136. The van der Waals surface area contributed by atoms with Gasteiger partial charge in [0.15, 0.2) is 0 Å². The molecule has 2 N–H and O–H groups in total. The molecule has 0 spiro atoms. The number of amides is 1. The van der Waals surface area contributed by atoms with Crippen molar-refractivity contribution >= 4 is 22.6 Å². The van der Waals surface area contributed by atoms with Crippen LogP contribution in [0.25, 0.3) is 10.9 Å². The summed E-state index contributed by atoms with van der Waals surface area (Å²) >= 11 is 0. The summed E-state index contributed by atoms with van der Waals surface area (Å²) in [6.45, 7) is 1.75. The number of ketones is 1. The first-order valence-electron chi connectivity index (χ1n) is 9.11. The highest BCUT2D eigenvalue weighted by Gasteiger charge is 2.27. The average Bonchev–Trinajstić information content (AvgIpc) is 3.27. The molecule has 1 amide bonds. The van der Waals surface area contributed by atoms with Crippen molar-refractivity contribution in [3.05, 3.63) is 89.4 Å². The van der Waals surface area contributed by atoms with Gasteiger partial charge in [-0.2, -0.15) is 0 Å². The third kappa shape index (κ3) is 3.42. The molecule has 0 aliphatic rings. The summed E-state index contributed by atoms with van der Waals surface area (Å²) in [6.07, 6.45) is 3.30. The van der Waals surface area contributed by atoms with Gasteiger partial charge in [-0.3, -0.25) is 9.59 Å². The first-order valence-corrected chi connectivity index (χ1v) is 9.11. The van der Waals surface area contributed by atoms with Crippen LogP contribution in [0.4, 0.5) is 4.39 Å². The maximum absolute atomic E-state index is 13.8. The zero-order valence-electron chi connectivity index (χ0n) is 15.9. The number of fused-ring (bicyclic) bond motifs is 1. The van der Waals surface area contributed by atoms with E-state index in [-0.39, 0.29) is 0 Å². The number of para-hydroxylation sites is 1. The molecule has 29 heavy (non-hydrogen) atoms. The quantitative estimate of drug-likeness (QED) is 0.405. The van der Waals surface area contributed by atoms with Gasteiger partial charge in [0.1, 0.15) is 17.7 Å². The summed E-state index contributed by atoms with van der Waals surface area (Å²) in [6, 6.07) is 12.4. The van der Waals surface area contributed by atoms with Gasteiger partial charge in [0.25, 0.3) is 11.7 Å². The van der Waals surface area contributed by atoms with Crippen LogP contribution in [0.1, 0.15) is 33.5 Å².